The molecule has 0 radical (unpaired) electrons. The second-order valence-electron chi connectivity index (χ2n) is 4.55. The second kappa shape index (κ2) is 4.21. The molecule has 2 N–H and O–H groups in total. The minimum Gasteiger partial charge on any atom is -0.387 e. The number of hydrogen-bond acceptors (Lipinski definition) is 6. The van der Waals surface area contributed by atoms with Crippen LogP contribution in [-0.4, -0.2) is 60.4 Å². The van der Waals surface area contributed by atoms with Gasteiger partial charge in [-0.05, 0) is 13.8 Å². The van der Waals surface area contributed by atoms with E-state index in [4.69, 9.17) is 18.9 Å². The van der Waals surface area contributed by atoms with Gasteiger partial charge < -0.3 is 29.2 Å². The number of methoxy groups -OCH3 is 1. The topological polar surface area (TPSA) is 77.4 Å². The van der Waals surface area contributed by atoms with E-state index in [1.54, 1.807) is 13.8 Å². The normalized spacial score (nSPS) is 47.4. The summed E-state index contributed by atoms with van der Waals surface area (Å²) in [5.74, 6) is -0.773. The van der Waals surface area contributed by atoms with Gasteiger partial charge in [0.1, 0.15) is 24.4 Å². The largest absolute Gasteiger partial charge is 0.387 e. The minimum atomic E-state index is -1.11. The van der Waals surface area contributed by atoms with Gasteiger partial charge >= 0.3 is 0 Å². The van der Waals surface area contributed by atoms with E-state index in [1.807, 2.05) is 0 Å². The van der Waals surface area contributed by atoms with Crippen LogP contribution in [0.25, 0.3) is 0 Å². The Morgan fingerprint density at radius 3 is 2.56 bits per heavy atom. The predicted octanol–water partition coefficient (Wildman–Crippen LogP) is -0.769. The summed E-state index contributed by atoms with van der Waals surface area (Å²) in [7, 11) is 1.41. The first-order valence-electron chi connectivity index (χ1n) is 5.31. The molecule has 2 saturated heterocycles. The number of fused-ring (bicyclic) bond motifs is 1. The maximum atomic E-state index is 9.92. The molecule has 0 aromatic carbocycles. The smallest absolute Gasteiger partial charge is 0.186 e. The molecule has 6 nitrogen and oxygen atoms in total. The molecule has 2 heterocycles. The summed E-state index contributed by atoms with van der Waals surface area (Å²) >= 11 is 0. The average molecular weight is 234 g/mol. The lowest BCUT2D eigenvalue weighted by molar-refractivity contribution is -0.379. The maximum absolute atomic E-state index is 9.92. The molecule has 6 heteroatoms. The first-order valence-corrected chi connectivity index (χ1v) is 5.31. The fourth-order valence-electron chi connectivity index (χ4n) is 2.02. The lowest BCUT2D eigenvalue weighted by atomic mass is 9.97. The second-order valence-corrected chi connectivity index (χ2v) is 4.55. The Labute approximate surface area is 94.1 Å². The highest BCUT2D eigenvalue weighted by atomic mass is 16.8. The van der Waals surface area contributed by atoms with Gasteiger partial charge in [-0.3, -0.25) is 0 Å². The molecule has 0 aliphatic carbocycles. The molecule has 0 aromatic heterocycles. The van der Waals surface area contributed by atoms with Crippen molar-refractivity contribution in [3.8, 4) is 0 Å². The van der Waals surface area contributed by atoms with Gasteiger partial charge in [-0.1, -0.05) is 0 Å². The molecule has 16 heavy (non-hydrogen) atoms. The molecular formula is C10H18O6. The van der Waals surface area contributed by atoms with Gasteiger partial charge in [0.05, 0.1) is 6.61 Å². The molecule has 0 aromatic rings. The van der Waals surface area contributed by atoms with Crippen molar-refractivity contribution in [2.45, 2.75) is 50.3 Å². The van der Waals surface area contributed by atoms with Crippen molar-refractivity contribution in [2.75, 3.05) is 13.7 Å². The van der Waals surface area contributed by atoms with E-state index in [2.05, 4.69) is 0 Å². The van der Waals surface area contributed by atoms with E-state index < -0.39 is 36.5 Å². The number of aliphatic hydroxyl groups excluding tert-OH is 2. The monoisotopic (exact) mass is 234 g/mol. The van der Waals surface area contributed by atoms with Crippen molar-refractivity contribution >= 4 is 0 Å². The number of ether oxygens (including phenoxy) is 4. The molecule has 0 bridgehead atoms. The zero-order valence-corrected chi connectivity index (χ0v) is 9.62. The summed E-state index contributed by atoms with van der Waals surface area (Å²) < 4.78 is 21.3. The Kier molecular flexibility index (Phi) is 3.22. The fourth-order valence-corrected chi connectivity index (χ4v) is 2.02. The van der Waals surface area contributed by atoms with Crippen molar-refractivity contribution in [1.29, 1.82) is 0 Å². The van der Waals surface area contributed by atoms with E-state index >= 15 is 0 Å². The van der Waals surface area contributed by atoms with Gasteiger partial charge in [0.15, 0.2) is 12.1 Å². The lowest BCUT2D eigenvalue weighted by Gasteiger charge is -2.48. The van der Waals surface area contributed by atoms with Crippen LogP contribution in [0.4, 0.5) is 0 Å². The highest BCUT2D eigenvalue weighted by molar-refractivity contribution is 4.93. The third kappa shape index (κ3) is 2.09. The van der Waals surface area contributed by atoms with Crippen LogP contribution in [0, 0.1) is 0 Å². The molecule has 94 valence electrons. The molecule has 0 amide bonds. The van der Waals surface area contributed by atoms with Gasteiger partial charge in [0.25, 0.3) is 0 Å². The molecule has 0 spiro atoms. The zero-order valence-electron chi connectivity index (χ0n) is 9.62. The minimum absolute atomic E-state index is 0.307. The first kappa shape index (κ1) is 12.2. The van der Waals surface area contributed by atoms with Crippen LogP contribution in [0.3, 0.4) is 0 Å². The summed E-state index contributed by atoms with van der Waals surface area (Å²) in [4.78, 5) is 0. The molecule has 1 unspecified atom stereocenters. The number of hydrogen-bond donors (Lipinski definition) is 2. The molecule has 2 aliphatic rings. The summed E-state index contributed by atoms with van der Waals surface area (Å²) in [6.45, 7) is 3.82. The van der Waals surface area contributed by atoms with Crippen LogP contribution in [-0.2, 0) is 18.9 Å². The Bertz CT molecular complexity index is 254. The van der Waals surface area contributed by atoms with E-state index in [0.29, 0.717) is 6.61 Å². The van der Waals surface area contributed by atoms with E-state index in [9.17, 15) is 10.2 Å². The fraction of sp³-hybridized carbons (Fsp3) is 1.00. The highest BCUT2D eigenvalue weighted by Crippen LogP contribution is 2.32. The van der Waals surface area contributed by atoms with Crippen LogP contribution < -0.4 is 0 Å². The highest BCUT2D eigenvalue weighted by Gasteiger charge is 2.50. The van der Waals surface area contributed by atoms with Crippen molar-refractivity contribution in [2.24, 2.45) is 0 Å². The zero-order chi connectivity index (χ0) is 11.9. The summed E-state index contributed by atoms with van der Waals surface area (Å²) in [5.41, 5.74) is 0. The number of aliphatic hydroxyl groups is 2. The molecule has 2 fully saturated rings. The van der Waals surface area contributed by atoms with Crippen molar-refractivity contribution < 1.29 is 29.2 Å². The van der Waals surface area contributed by atoms with Gasteiger partial charge in [-0.2, -0.15) is 0 Å². The van der Waals surface area contributed by atoms with E-state index in [-0.39, 0.29) is 0 Å². The Morgan fingerprint density at radius 1 is 1.25 bits per heavy atom. The molecule has 2 aliphatic heterocycles. The standard InChI is InChI=1S/C10H18O6/c1-10(2)14-4-5-8(16-10)6(11)7(12)9(13-3)15-5/h5-9,11-12H,4H2,1-3H3/t5?,6-,7-,8-,9+/m1/s1. The number of rotatable bonds is 1. The van der Waals surface area contributed by atoms with E-state index in [0.717, 1.165) is 0 Å². The predicted molar refractivity (Wildman–Crippen MR) is 52.6 cm³/mol. The van der Waals surface area contributed by atoms with Crippen molar-refractivity contribution in [1.82, 2.24) is 0 Å². The Morgan fingerprint density at radius 2 is 1.94 bits per heavy atom. The summed E-state index contributed by atoms with van der Waals surface area (Å²) in [6.07, 6.45) is -4.00. The van der Waals surface area contributed by atoms with Crippen LogP contribution >= 0.6 is 0 Å². The van der Waals surface area contributed by atoms with Gasteiger partial charge in [-0.25, -0.2) is 0 Å². The van der Waals surface area contributed by atoms with Crippen LogP contribution in [0.2, 0.25) is 0 Å². The van der Waals surface area contributed by atoms with Crippen LogP contribution in [0.5, 0.6) is 0 Å². The summed E-state index contributed by atoms with van der Waals surface area (Å²) in [6, 6.07) is 0. The van der Waals surface area contributed by atoms with Gasteiger partial charge in [-0.15, -0.1) is 0 Å². The van der Waals surface area contributed by atoms with Crippen LogP contribution in [0.1, 0.15) is 13.8 Å². The Hall–Kier alpha value is -0.240. The quantitative estimate of drug-likeness (QED) is 0.620. The molecule has 5 atom stereocenters. The first-order chi connectivity index (χ1) is 7.44. The third-order valence-corrected chi connectivity index (χ3v) is 2.89. The Balaban J connectivity index is 2.11. The maximum Gasteiger partial charge on any atom is 0.186 e. The van der Waals surface area contributed by atoms with Crippen molar-refractivity contribution in [3.05, 3.63) is 0 Å². The third-order valence-electron chi connectivity index (χ3n) is 2.89. The van der Waals surface area contributed by atoms with E-state index in [1.165, 1.54) is 7.11 Å². The molecule has 0 saturated carbocycles. The average Bonchev–Trinajstić information content (AvgIpc) is 2.23. The molecule has 2 rings (SSSR count). The van der Waals surface area contributed by atoms with Crippen LogP contribution in [0.15, 0.2) is 0 Å². The lowest BCUT2D eigenvalue weighted by Crippen LogP contribution is -2.64. The summed E-state index contributed by atoms with van der Waals surface area (Å²) in [5, 5.41) is 19.6. The van der Waals surface area contributed by atoms with Crippen molar-refractivity contribution in [3.63, 3.8) is 0 Å². The van der Waals surface area contributed by atoms with Gasteiger partial charge in [0.2, 0.25) is 0 Å². The SMILES string of the molecule is CO[C@H]1OC2COC(C)(C)O[C@H]2[C@H](O)[C@H]1O. The molecular weight excluding hydrogens is 216 g/mol. The van der Waals surface area contributed by atoms with Gasteiger partial charge in [0, 0.05) is 7.11 Å².